The highest BCUT2D eigenvalue weighted by atomic mass is 32.2. The maximum Gasteiger partial charge on any atom is 0.168 e. The number of fused-ring (bicyclic) bond motifs is 1. The number of hydrogen-bond acceptors (Lipinski definition) is 5. The molecule has 0 amide bonds. The molecule has 0 spiro atoms. The quantitative estimate of drug-likeness (QED) is 0.128. The van der Waals surface area contributed by atoms with Gasteiger partial charge in [-0.1, -0.05) is 37.1 Å². The van der Waals surface area contributed by atoms with E-state index in [0.29, 0.717) is 35.3 Å². The highest BCUT2D eigenvalue weighted by molar-refractivity contribution is 7.97. The van der Waals surface area contributed by atoms with Gasteiger partial charge >= 0.3 is 0 Å². The van der Waals surface area contributed by atoms with Crippen LogP contribution in [0.1, 0.15) is 48.1 Å². The lowest BCUT2D eigenvalue weighted by atomic mass is 9.94. The average Bonchev–Trinajstić information content (AvgIpc) is 3.77. The van der Waals surface area contributed by atoms with E-state index < -0.39 is 17.6 Å². The van der Waals surface area contributed by atoms with E-state index in [1.807, 2.05) is 13.0 Å². The van der Waals surface area contributed by atoms with E-state index in [1.54, 1.807) is 42.5 Å². The SMILES string of the molecule is CC(c1cnc(-c2cc(Oc3c(F)cc4[nH]ccc4c3CN3CCCS3)ccc2F)[nH]1)c1cccc(CCC=O)c1F. The number of H-pyrrole nitrogens is 2. The average molecular weight is 591 g/mol. The minimum atomic E-state index is -0.534. The smallest absolute Gasteiger partial charge is 0.168 e. The van der Waals surface area contributed by atoms with Crippen LogP contribution >= 0.6 is 11.9 Å². The number of imidazole rings is 1. The van der Waals surface area contributed by atoms with Crippen molar-refractivity contribution < 1.29 is 22.7 Å². The Morgan fingerprint density at radius 2 is 2.02 bits per heavy atom. The molecule has 0 saturated carbocycles. The second-order valence-corrected chi connectivity index (χ2v) is 11.5. The molecule has 0 bridgehead atoms. The van der Waals surface area contributed by atoms with Crippen molar-refractivity contribution in [2.75, 3.05) is 12.3 Å². The molecule has 2 N–H and O–H groups in total. The van der Waals surface area contributed by atoms with Crippen LogP contribution in [0.5, 0.6) is 11.5 Å². The maximum absolute atomic E-state index is 15.4. The summed E-state index contributed by atoms with van der Waals surface area (Å²) in [6, 6.07) is 12.6. The van der Waals surface area contributed by atoms with Gasteiger partial charge in [-0.3, -0.25) is 0 Å². The Morgan fingerprint density at radius 1 is 1.14 bits per heavy atom. The summed E-state index contributed by atoms with van der Waals surface area (Å²) in [5, 5.41) is 0.869. The fourth-order valence-electron chi connectivity index (χ4n) is 5.36. The maximum atomic E-state index is 15.4. The monoisotopic (exact) mass is 590 g/mol. The van der Waals surface area contributed by atoms with Crippen molar-refractivity contribution in [3.05, 3.63) is 101 Å². The first kappa shape index (κ1) is 28.1. The minimum absolute atomic E-state index is 0.103. The van der Waals surface area contributed by atoms with Crippen LogP contribution in [0.3, 0.4) is 0 Å². The second-order valence-electron chi connectivity index (χ2n) is 10.3. The van der Waals surface area contributed by atoms with Gasteiger partial charge in [0.2, 0.25) is 0 Å². The molecule has 3 heterocycles. The van der Waals surface area contributed by atoms with Gasteiger partial charge in [0.15, 0.2) is 11.6 Å². The van der Waals surface area contributed by atoms with Crippen molar-refractivity contribution in [1.82, 2.24) is 19.3 Å². The largest absolute Gasteiger partial charge is 0.454 e. The Balaban J connectivity index is 1.30. The van der Waals surface area contributed by atoms with E-state index in [-0.39, 0.29) is 35.1 Å². The predicted octanol–water partition coefficient (Wildman–Crippen LogP) is 7.90. The van der Waals surface area contributed by atoms with E-state index in [9.17, 15) is 4.79 Å². The molecule has 1 aliphatic heterocycles. The van der Waals surface area contributed by atoms with Crippen LogP contribution in [0, 0.1) is 17.5 Å². The van der Waals surface area contributed by atoms with Gasteiger partial charge in [0.25, 0.3) is 0 Å². The van der Waals surface area contributed by atoms with Crippen LogP contribution < -0.4 is 4.74 Å². The first-order valence-electron chi connectivity index (χ1n) is 13.8. The summed E-state index contributed by atoms with van der Waals surface area (Å²) in [6.07, 6.45) is 5.71. The molecule has 42 heavy (non-hydrogen) atoms. The van der Waals surface area contributed by atoms with E-state index in [2.05, 4.69) is 19.3 Å². The summed E-state index contributed by atoms with van der Waals surface area (Å²) in [6.45, 7) is 3.24. The molecule has 0 radical (unpaired) electrons. The molecule has 0 aliphatic carbocycles. The molecule has 3 aromatic carbocycles. The molecule has 1 saturated heterocycles. The molecule has 6 nitrogen and oxygen atoms in total. The summed E-state index contributed by atoms with van der Waals surface area (Å²) in [7, 11) is 0. The second kappa shape index (κ2) is 12.1. The molecular formula is C32H29F3N4O2S. The highest BCUT2D eigenvalue weighted by Crippen LogP contribution is 2.38. The molecule has 1 fully saturated rings. The van der Waals surface area contributed by atoms with Crippen molar-refractivity contribution in [1.29, 1.82) is 0 Å². The van der Waals surface area contributed by atoms with Gasteiger partial charge in [-0.25, -0.2) is 22.5 Å². The number of rotatable bonds is 10. The zero-order valence-electron chi connectivity index (χ0n) is 22.9. The molecule has 6 rings (SSSR count). The number of aromatic amines is 2. The fourth-order valence-corrected chi connectivity index (χ4v) is 6.35. The van der Waals surface area contributed by atoms with Gasteiger partial charge in [0.05, 0.1) is 5.56 Å². The number of carbonyl (C=O) groups is 1. The Hall–Kier alpha value is -4.02. The Morgan fingerprint density at radius 3 is 2.83 bits per heavy atom. The van der Waals surface area contributed by atoms with Crippen molar-refractivity contribution in [2.45, 2.75) is 38.6 Å². The van der Waals surface area contributed by atoms with Crippen LogP contribution in [0.15, 0.2) is 60.9 Å². The van der Waals surface area contributed by atoms with E-state index in [0.717, 1.165) is 36.0 Å². The first-order chi connectivity index (χ1) is 20.4. The molecule has 1 unspecified atom stereocenters. The van der Waals surface area contributed by atoms with Crippen LogP contribution in [0.2, 0.25) is 0 Å². The molecular weight excluding hydrogens is 561 g/mol. The summed E-state index contributed by atoms with van der Waals surface area (Å²) < 4.78 is 54.0. The molecule has 10 heteroatoms. The van der Waals surface area contributed by atoms with Gasteiger partial charge < -0.3 is 19.5 Å². The zero-order chi connectivity index (χ0) is 29.2. The van der Waals surface area contributed by atoms with Gasteiger partial charge in [0, 0.05) is 71.8 Å². The van der Waals surface area contributed by atoms with Gasteiger partial charge in [0.1, 0.15) is 29.5 Å². The zero-order valence-corrected chi connectivity index (χ0v) is 23.7. The van der Waals surface area contributed by atoms with Crippen LogP contribution in [0.25, 0.3) is 22.3 Å². The Bertz CT molecular complexity index is 1750. The number of nitrogens with one attached hydrogen (secondary N) is 2. The third-order valence-electron chi connectivity index (χ3n) is 7.61. The minimum Gasteiger partial charge on any atom is -0.454 e. The number of aromatic nitrogens is 3. The van der Waals surface area contributed by atoms with Crippen molar-refractivity contribution in [3.8, 4) is 22.9 Å². The molecule has 1 aliphatic rings. The number of halogens is 3. The first-order valence-corrected chi connectivity index (χ1v) is 14.8. The lowest BCUT2D eigenvalue weighted by Gasteiger charge is -2.19. The summed E-state index contributed by atoms with van der Waals surface area (Å²) in [5.74, 6) is -0.193. The van der Waals surface area contributed by atoms with Crippen molar-refractivity contribution in [2.24, 2.45) is 0 Å². The number of ether oxygens (including phenoxy) is 1. The summed E-state index contributed by atoms with van der Waals surface area (Å²) in [4.78, 5) is 21.3. The fraction of sp³-hybridized carbons (Fsp3) is 0.250. The predicted molar refractivity (Wildman–Crippen MR) is 158 cm³/mol. The van der Waals surface area contributed by atoms with Gasteiger partial charge in [-0.05, 0) is 48.2 Å². The third kappa shape index (κ3) is 5.56. The molecule has 5 aromatic rings. The van der Waals surface area contributed by atoms with Gasteiger partial charge in [-0.15, -0.1) is 0 Å². The van der Waals surface area contributed by atoms with Crippen LogP contribution in [0.4, 0.5) is 13.2 Å². The van der Waals surface area contributed by atoms with E-state index in [4.69, 9.17) is 4.74 Å². The summed E-state index contributed by atoms with van der Waals surface area (Å²) >= 11 is 1.72. The topological polar surface area (TPSA) is 74.0 Å². The number of aldehydes is 1. The Labute approximate surface area is 245 Å². The number of aryl methyl sites for hydroxylation is 1. The third-order valence-corrected chi connectivity index (χ3v) is 8.76. The Kier molecular flexibility index (Phi) is 8.08. The van der Waals surface area contributed by atoms with Gasteiger partial charge in [-0.2, -0.15) is 0 Å². The number of hydrogen-bond donors (Lipinski definition) is 2. The number of nitrogens with zero attached hydrogens (tertiary/aromatic N) is 2. The standard InChI is InChI=1S/C32H29F3N4O2S/c1-19(22-7-2-5-20(30(22)35)6-3-13-40)29-17-37-32(38-29)24-15-21(8-9-26(24)33)41-31-25(18-39-12-4-14-42-39)23-10-11-36-28(23)16-27(31)34/h2,5,7-11,13,15-17,19,36H,3-4,6,12,14,18H2,1H3,(H,37,38). The summed E-state index contributed by atoms with van der Waals surface area (Å²) in [5.41, 5.74) is 3.06. The normalized spacial score (nSPS) is 14.5. The molecule has 216 valence electrons. The number of carbonyl (C=O) groups excluding carboxylic acids is 1. The van der Waals surface area contributed by atoms with E-state index in [1.165, 1.54) is 24.3 Å². The highest BCUT2D eigenvalue weighted by Gasteiger charge is 2.23. The molecule has 1 atom stereocenters. The molecule has 2 aromatic heterocycles. The lowest BCUT2D eigenvalue weighted by Crippen LogP contribution is -2.12. The van der Waals surface area contributed by atoms with Crippen molar-refractivity contribution >= 4 is 29.1 Å². The number of benzene rings is 3. The van der Waals surface area contributed by atoms with Crippen LogP contribution in [-0.4, -0.2) is 37.8 Å². The lowest BCUT2D eigenvalue weighted by molar-refractivity contribution is -0.107. The van der Waals surface area contributed by atoms with Crippen LogP contribution in [-0.2, 0) is 17.8 Å². The van der Waals surface area contributed by atoms with E-state index >= 15 is 13.2 Å². The van der Waals surface area contributed by atoms with Crippen molar-refractivity contribution in [3.63, 3.8) is 0 Å².